The molecule has 0 amide bonds. The molecule has 2 unspecified atom stereocenters. The highest BCUT2D eigenvalue weighted by Crippen LogP contribution is 2.36. The Hall–Kier alpha value is -1.42. The SMILES string of the molecule is NCC1CCCCCC1c1ccc([N+](=O)[O-])cc1. The number of hydrogen-bond donors (Lipinski definition) is 1. The summed E-state index contributed by atoms with van der Waals surface area (Å²) in [6.07, 6.45) is 6.10. The van der Waals surface area contributed by atoms with Crippen LogP contribution in [0.3, 0.4) is 0 Å². The van der Waals surface area contributed by atoms with Gasteiger partial charge in [-0.2, -0.15) is 0 Å². The molecule has 2 atom stereocenters. The lowest BCUT2D eigenvalue weighted by Gasteiger charge is -2.24. The Morgan fingerprint density at radius 1 is 1.17 bits per heavy atom. The molecule has 0 spiro atoms. The number of benzene rings is 1. The lowest BCUT2D eigenvalue weighted by molar-refractivity contribution is -0.384. The topological polar surface area (TPSA) is 69.2 Å². The van der Waals surface area contributed by atoms with Crippen molar-refractivity contribution in [3.63, 3.8) is 0 Å². The van der Waals surface area contributed by atoms with Crippen LogP contribution in [0.4, 0.5) is 5.69 Å². The van der Waals surface area contributed by atoms with E-state index in [0.717, 1.165) is 6.42 Å². The fourth-order valence-corrected chi connectivity index (χ4v) is 2.95. The largest absolute Gasteiger partial charge is 0.330 e. The molecule has 0 saturated heterocycles. The molecule has 4 nitrogen and oxygen atoms in total. The summed E-state index contributed by atoms with van der Waals surface area (Å²) in [5.41, 5.74) is 7.24. The van der Waals surface area contributed by atoms with Gasteiger partial charge >= 0.3 is 0 Å². The average molecular weight is 248 g/mol. The van der Waals surface area contributed by atoms with Crippen molar-refractivity contribution < 1.29 is 4.92 Å². The lowest BCUT2D eigenvalue weighted by atomic mass is 9.82. The van der Waals surface area contributed by atoms with Crippen LogP contribution in [0, 0.1) is 16.0 Å². The van der Waals surface area contributed by atoms with Gasteiger partial charge in [-0.1, -0.05) is 31.4 Å². The first-order valence-electron chi connectivity index (χ1n) is 6.67. The van der Waals surface area contributed by atoms with Gasteiger partial charge in [0.2, 0.25) is 0 Å². The van der Waals surface area contributed by atoms with Gasteiger partial charge in [-0.3, -0.25) is 10.1 Å². The Bertz CT molecular complexity index is 403. The van der Waals surface area contributed by atoms with Crippen LogP contribution in [0.25, 0.3) is 0 Å². The summed E-state index contributed by atoms with van der Waals surface area (Å²) in [4.78, 5) is 10.3. The third-order valence-corrected chi connectivity index (χ3v) is 3.99. The maximum atomic E-state index is 10.6. The quantitative estimate of drug-likeness (QED) is 0.507. The van der Waals surface area contributed by atoms with Crippen LogP contribution in [-0.4, -0.2) is 11.5 Å². The summed E-state index contributed by atoms with van der Waals surface area (Å²) in [5, 5.41) is 10.6. The van der Waals surface area contributed by atoms with Gasteiger partial charge in [0.15, 0.2) is 0 Å². The van der Waals surface area contributed by atoms with Crippen molar-refractivity contribution in [2.45, 2.75) is 38.0 Å². The van der Waals surface area contributed by atoms with Crippen LogP contribution < -0.4 is 5.73 Å². The fraction of sp³-hybridized carbons (Fsp3) is 0.571. The highest BCUT2D eigenvalue weighted by molar-refractivity contribution is 5.34. The first-order chi connectivity index (χ1) is 8.72. The molecule has 1 saturated carbocycles. The van der Waals surface area contributed by atoms with Crippen molar-refractivity contribution in [3.8, 4) is 0 Å². The predicted molar refractivity (Wildman–Crippen MR) is 71.5 cm³/mol. The third-order valence-electron chi connectivity index (χ3n) is 3.99. The second-order valence-corrected chi connectivity index (χ2v) is 5.09. The van der Waals surface area contributed by atoms with Gasteiger partial charge in [0.1, 0.15) is 0 Å². The fourth-order valence-electron chi connectivity index (χ4n) is 2.95. The monoisotopic (exact) mass is 248 g/mol. The molecule has 2 rings (SSSR count). The maximum absolute atomic E-state index is 10.6. The van der Waals surface area contributed by atoms with Gasteiger partial charge in [0.05, 0.1) is 4.92 Å². The number of nitrogens with two attached hydrogens (primary N) is 1. The van der Waals surface area contributed by atoms with Crippen LogP contribution in [0.2, 0.25) is 0 Å². The second kappa shape index (κ2) is 5.96. The molecule has 1 aliphatic rings. The van der Waals surface area contributed by atoms with E-state index in [0.29, 0.717) is 18.4 Å². The van der Waals surface area contributed by atoms with Gasteiger partial charge in [0, 0.05) is 12.1 Å². The highest BCUT2D eigenvalue weighted by Gasteiger charge is 2.24. The number of rotatable bonds is 3. The zero-order valence-electron chi connectivity index (χ0n) is 10.5. The number of nitro groups is 1. The van der Waals surface area contributed by atoms with Crippen molar-refractivity contribution in [1.29, 1.82) is 0 Å². The summed E-state index contributed by atoms with van der Waals surface area (Å²) in [6, 6.07) is 7.01. The van der Waals surface area contributed by atoms with Crippen molar-refractivity contribution in [3.05, 3.63) is 39.9 Å². The third kappa shape index (κ3) is 2.88. The van der Waals surface area contributed by atoms with Crippen molar-refractivity contribution >= 4 is 5.69 Å². The molecule has 2 N–H and O–H groups in total. The lowest BCUT2D eigenvalue weighted by Crippen LogP contribution is -2.21. The number of hydrogen-bond acceptors (Lipinski definition) is 3. The van der Waals surface area contributed by atoms with E-state index in [4.69, 9.17) is 5.73 Å². The Balaban J connectivity index is 2.19. The number of nitro benzene ring substituents is 1. The van der Waals surface area contributed by atoms with Crippen LogP contribution in [0.1, 0.15) is 43.6 Å². The molecule has 0 aromatic heterocycles. The number of nitrogens with zero attached hydrogens (tertiary/aromatic N) is 1. The van der Waals surface area contributed by atoms with E-state index in [2.05, 4.69) is 0 Å². The summed E-state index contributed by atoms with van der Waals surface area (Å²) in [6.45, 7) is 0.710. The van der Waals surface area contributed by atoms with Gasteiger partial charge in [-0.15, -0.1) is 0 Å². The molecule has 4 heteroatoms. The van der Waals surface area contributed by atoms with Crippen molar-refractivity contribution in [2.24, 2.45) is 11.7 Å². The summed E-state index contributed by atoms with van der Waals surface area (Å²) >= 11 is 0. The van der Waals surface area contributed by atoms with E-state index >= 15 is 0 Å². The second-order valence-electron chi connectivity index (χ2n) is 5.09. The van der Waals surface area contributed by atoms with E-state index in [1.165, 1.54) is 31.2 Å². The Kier molecular flexibility index (Phi) is 4.31. The van der Waals surface area contributed by atoms with Gasteiger partial charge < -0.3 is 5.73 Å². The molecular formula is C14H20N2O2. The molecule has 18 heavy (non-hydrogen) atoms. The molecular weight excluding hydrogens is 228 g/mol. The Morgan fingerprint density at radius 2 is 1.83 bits per heavy atom. The minimum atomic E-state index is -0.350. The Morgan fingerprint density at radius 3 is 2.44 bits per heavy atom. The zero-order chi connectivity index (χ0) is 13.0. The molecule has 1 aromatic carbocycles. The highest BCUT2D eigenvalue weighted by atomic mass is 16.6. The maximum Gasteiger partial charge on any atom is 0.269 e. The summed E-state index contributed by atoms with van der Waals surface area (Å²) in [5.74, 6) is 0.993. The minimum Gasteiger partial charge on any atom is -0.330 e. The van der Waals surface area contributed by atoms with Gasteiger partial charge in [-0.05, 0) is 36.8 Å². The van der Waals surface area contributed by atoms with E-state index < -0.39 is 0 Å². The van der Waals surface area contributed by atoms with Gasteiger partial charge in [0.25, 0.3) is 5.69 Å². The van der Waals surface area contributed by atoms with Crippen molar-refractivity contribution in [1.82, 2.24) is 0 Å². The van der Waals surface area contributed by atoms with Crippen LogP contribution in [0.15, 0.2) is 24.3 Å². The molecule has 1 aliphatic carbocycles. The molecule has 1 aromatic rings. The Labute approximate surface area is 107 Å². The van der Waals surface area contributed by atoms with Crippen LogP contribution >= 0.6 is 0 Å². The zero-order valence-corrected chi connectivity index (χ0v) is 10.5. The normalized spacial score (nSPS) is 24.5. The standard InChI is InChI=1S/C14H20N2O2/c15-10-12-4-2-1-3-5-14(12)11-6-8-13(9-7-11)16(17)18/h6-9,12,14H,1-5,10,15H2. The predicted octanol–water partition coefficient (Wildman–Crippen LogP) is 3.22. The van der Waals surface area contributed by atoms with E-state index in [1.54, 1.807) is 12.1 Å². The number of non-ortho nitro benzene ring substituents is 1. The summed E-state index contributed by atoms with van der Waals surface area (Å²) in [7, 11) is 0. The van der Waals surface area contributed by atoms with Crippen molar-refractivity contribution in [2.75, 3.05) is 6.54 Å². The van der Waals surface area contributed by atoms with E-state index in [9.17, 15) is 10.1 Å². The first-order valence-corrected chi connectivity index (χ1v) is 6.67. The summed E-state index contributed by atoms with van der Waals surface area (Å²) < 4.78 is 0. The molecule has 0 radical (unpaired) electrons. The smallest absolute Gasteiger partial charge is 0.269 e. The molecule has 0 bridgehead atoms. The molecule has 1 fully saturated rings. The average Bonchev–Trinajstić information content (AvgIpc) is 2.63. The molecule has 0 heterocycles. The minimum absolute atomic E-state index is 0.164. The van der Waals surface area contributed by atoms with Gasteiger partial charge in [-0.25, -0.2) is 0 Å². The van der Waals surface area contributed by atoms with Crippen LogP contribution in [-0.2, 0) is 0 Å². The first kappa shape index (κ1) is 13.0. The van der Waals surface area contributed by atoms with E-state index in [-0.39, 0.29) is 10.6 Å². The van der Waals surface area contributed by atoms with E-state index in [1.807, 2.05) is 12.1 Å². The molecule has 98 valence electrons. The molecule has 0 aliphatic heterocycles. The van der Waals surface area contributed by atoms with Crippen LogP contribution in [0.5, 0.6) is 0 Å².